The Hall–Kier alpha value is -3.23. The highest BCUT2D eigenvalue weighted by Gasteiger charge is 2.32. The van der Waals surface area contributed by atoms with Crippen molar-refractivity contribution in [2.24, 2.45) is 0 Å². The maximum Gasteiger partial charge on any atom is 0.327 e. The van der Waals surface area contributed by atoms with Crippen molar-refractivity contribution < 1.29 is 18.7 Å². The summed E-state index contributed by atoms with van der Waals surface area (Å²) in [6.07, 6.45) is 0.233. The van der Waals surface area contributed by atoms with Gasteiger partial charge in [0.05, 0.1) is 24.9 Å². The molecule has 1 saturated heterocycles. The van der Waals surface area contributed by atoms with E-state index in [2.05, 4.69) is 5.10 Å². The van der Waals surface area contributed by atoms with Gasteiger partial charge in [0.2, 0.25) is 5.91 Å². The van der Waals surface area contributed by atoms with E-state index in [9.17, 15) is 14.0 Å². The molecule has 7 nitrogen and oxygen atoms in total. The third kappa shape index (κ3) is 5.39. The van der Waals surface area contributed by atoms with Crippen LogP contribution in [0.3, 0.4) is 0 Å². The third-order valence-electron chi connectivity index (χ3n) is 6.48. The number of rotatable bonds is 6. The Bertz CT molecular complexity index is 1200. The molecule has 0 N–H and O–H groups in total. The zero-order valence-electron chi connectivity index (χ0n) is 20.0. The van der Waals surface area contributed by atoms with Crippen LogP contribution in [0.1, 0.15) is 28.6 Å². The van der Waals surface area contributed by atoms with Gasteiger partial charge in [-0.2, -0.15) is 5.10 Å². The Morgan fingerprint density at radius 3 is 2.26 bits per heavy atom. The van der Waals surface area contributed by atoms with E-state index in [-0.39, 0.29) is 24.1 Å². The highest BCUT2D eigenvalue weighted by Crippen LogP contribution is 2.26. The molecule has 2 aromatic carbocycles. The summed E-state index contributed by atoms with van der Waals surface area (Å²) in [7, 11) is 1.38. The van der Waals surface area contributed by atoms with Crippen LogP contribution >= 0.6 is 11.6 Å². The van der Waals surface area contributed by atoms with Crippen LogP contribution in [0, 0.1) is 19.7 Å². The highest BCUT2D eigenvalue weighted by atomic mass is 35.5. The number of amides is 1. The van der Waals surface area contributed by atoms with Gasteiger partial charge in [-0.05, 0) is 55.8 Å². The lowest BCUT2D eigenvalue weighted by Gasteiger charge is -2.38. The van der Waals surface area contributed by atoms with Crippen molar-refractivity contribution in [3.05, 3.63) is 81.9 Å². The number of ether oxygens (including phenoxy) is 1. The fourth-order valence-electron chi connectivity index (χ4n) is 4.51. The molecule has 3 aromatic rings. The molecule has 2 heterocycles. The van der Waals surface area contributed by atoms with Gasteiger partial charge in [-0.3, -0.25) is 9.69 Å². The molecule has 1 aliphatic rings. The topological polar surface area (TPSA) is 67.7 Å². The van der Waals surface area contributed by atoms with Gasteiger partial charge in [0.25, 0.3) is 0 Å². The minimum Gasteiger partial charge on any atom is -0.468 e. The van der Waals surface area contributed by atoms with E-state index >= 15 is 0 Å². The number of nitrogens with zero attached hydrogens (tertiary/aromatic N) is 4. The molecule has 1 fully saturated rings. The fraction of sp³-hybridized carbons (Fsp3) is 0.346. The minimum atomic E-state index is -0.548. The molecule has 1 aliphatic heterocycles. The van der Waals surface area contributed by atoms with Gasteiger partial charge < -0.3 is 9.64 Å². The Morgan fingerprint density at radius 2 is 1.66 bits per heavy atom. The van der Waals surface area contributed by atoms with Gasteiger partial charge in [-0.15, -0.1) is 0 Å². The molecule has 1 aromatic heterocycles. The molecule has 1 atom stereocenters. The zero-order valence-corrected chi connectivity index (χ0v) is 20.8. The van der Waals surface area contributed by atoms with Crippen molar-refractivity contribution in [3.8, 4) is 5.69 Å². The Labute approximate surface area is 209 Å². The minimum absolute atomic E-state index is 0.00983. The van der Waals surface area contributed by atoms with Gasteiger partial charge in [0.15, 0.2) is 0 Å². The predicted molar refractivity (Wildman–Crippen MR) is 131 cm³/mol. The number of benzene rings is 2. The Balaban J connectivity index is 1.43. The second-order valence-electron chi connectivity index (χ2n) is 8.61. The molecule has 184 valence electrons. The lowest BCUT2D eigenvalue weighted by atomic mass is 10.0. The summed E-state index contributed by atoms with van der Waals surface area (Å²) in [6, 6.07) is 12.7. The number of carbonyl (C=O) groups is 2. The molecule has 0 bridgehead atoms. The number of methoxy groups -OCH3 is 1. The first-order valence-corrected chi connectivity index (χ1v) is 11.8. The monoisotopic (exact) mass is 498 g/mol. The average molecular weight is 499 g/mol. The van der Waals surface area contributed by atoms with Gasteiger partial charge in [-0.1, -0.05) is 23.7 Å². The number of esters is 1. The van der Waals surface area contributed by atoms with Crippen LogP contribution in [-0.4, -0.2) is 64.7 Å². The van der Waals surface area contributed by atoms with E-state index in [0.29, 0.717) is 31.2 Å². The summed E-state index contributed by atoms with van der Waals surface area (Å²) in [5.41, 5.74) is 4.05. The van der Waals surface area contributed by atoms with Gasteiger partial charge >= 0.3 is 5.97 Å². The molecule has 0 saturated carbocycles. The maximum atomic E-state index is 13.3. The van der Waals surface area contributed by atoms with Crippen molar-refractivity contribution in [2.75, 3.05) is 33.3 Å². The standard InChI is InChI=1S/C26H28ClFN4O3/c1-17-23(18(2)32(29-17)22-10-8-21(28)9-11-22)16-24(33)30-12-14-31(15-13-30)25(26(34)35-3)19-4-6-20(27)7-5-19/h4-11,25H,12-16H2,1-3H3. The van der Waals surface area contributed by atoms with E-state index < -0.39 is 6.04 Å². The first-order chi connectivity index (χ1) is 16.8. The summed E-state index contributed by atoms with van der Waals surface area (Å²) in [6.45, 7) is 5.88. The van der Waals surface area contributed by atoms with E-state index in [4.69, 9.17) is 16.3 Å². The average Bonchev–Trinajstić information content (AvgIpc) is 3.14. The molecule has 35 heavy (non-hydrogen) atoms. The molecule has 0 radical (unpaired) electrons. The van der Waals surface area contributed by atoms with Crippen molar-refractivity contribution >= 4 is 23.5 Å². The van der Waals surface area contributed by atoms with Crippen molar-refractivity contribution in [1.82, 2.24) is 19.6 Å². The third-order valence-corrected chi connectivity index (χ3v) is 6.73. The van der Waals surface area contributed by atoms with Gasteiger partial charge in [-0.25, -0.2) is 13.9 Å². The number of halogens is 2. The Morgan fingerprint density at radius 1 is 1.03 bits per heavy atom. The van der Waals surface area contributed by atoms with E-state index in [1.807, 2.05) is 35.8 Å². The lowest BCUT2D eigenvalue weighted by molar-refractivity contribution is -0.148. The normalized spacial score (nSPS) is 15.2. The molecule has 0 spiro atoms. The van der Waals surface area contributed by atoms with Crippen LogP contribution in [0.25, 0.3) is 5.69 Å². The van der Waals surface area contributed by atoms with E-state index in [1.54, 1.807) is 28.9 Å². The molecule has 0 aliphatic carbocycles. The fourth-order valence-corrected chi connectivity index (χ4v) is 4.64. The van der Waals surface area contributed by atoms with E-state index in [1.165, 1.54) is 19.2 Å². The van der Waals surface area contributed by atoms with Crippen molar-refractivity contribution in [2.45, 2.75) is 26.3 Å². The largest absolute Gasteiger partial charge is 0.468 e. The second-order valence-corrected chi connectivity index (χ2v) is 9.04. The molecule has 1 unspecified atom stereocenters. The maximum absolute atomic E-state index is 13.3. The number of hydrogen-bond donors (Lipinski definition) is 0. The highest BCUT2D eigenvalue weighted by molar-refractivity contribution is 6.30. The molecular weight excluding hydrogens is 471 g/mol. The Kier molecular flexibility index (Phi) is 7.52. The van der Waals surface area contributed by atoms with Crippen LogP contribution in [0.15, 0.2) is 48.5 Å². The van der Waals surface area contributed by atoms with E-state index in [0.717, 1.165) is 28.2 Å². The molecule has 9 heteroatoms. The molecular formula is C26H28ClFN4O3. The summed E-state index contributed by atoms with van der Waals surface area (Å²) in [5, 5.41) is 5.16. The number of hydrogen-bond acceptors (Lipinski definition) is 5. The quantitative estimate of drug-likeness (QED) is 0.482. The second kappa shape index (κ2) is 10.6. The first-order valence-electron chi connectivity index (χ1n) is 11.4. The molecule has 4 rings (SSSR count). The zero-order chi connectivity index (χ0) is 25.1. The van der Waals surface area contributed by atoms with Crippen LogP contribution in [0.5, 0.6) is 0 Å². The number of aromatic nitrogens is 2. The summed E-state index contributed by atoms with van der Waals surface area (Å²) in [5.74, 6) is -0.641. The summed E-state index contributed by atoms with van der Waals surface area (Å²) in [4.78, 5) is 29.6. The van der Waals surface area contributed by atoms with Crippen LogP contribution in [0.2, 0.25) is 5.02 Å². The number of carbonyl (C=O) groups excluding carboxylic acids is 2. The summed E-state index contributed by atoms with van der Waals surface area (Å²) >= 11 is 6.01. The predicted octanol–water partition coefficient (Wildman–Crippen LogP) is 3.88. The first kappa shape index (κ1) is 24.9. The van der Waals surface area contributed by atoms with Crippen molar-refractivity contribution in [3.63, 3.8) is 0 Å². The van der Waals surface area contributed by atoms with Gasteiger partial charge in [0.1, 0.15) is 11.9 Å². The van der Waals surface area contributed by atoms with Gasteiger partial charge in [0, 0.05) is 42.5 Å². The van der Waals surface area contributed by atoms with Crippen molar-refractivity contribution in [1.29, 1.82) is 0 Å². The van der Waals surface area contributed by atoms with Crippen LogP contribution < -0.4 is 0 Å². The summed E-state index contributed by atoms with van der Waals surface area (Å²) < 4.78 is 20.1. The number of piperazine rings is 1. The van der Waals surface area contributed by atoms with Crippen LogP contribution in [-0.2, 0) is 20.7 Å². The van der Waals surface area contributed by atoms with Crippen LogP contribution in [0.4, 0.5) is 4.39 Å². The smallest absolute Gasteiger partial charge is 0.327 e. The molecule has 1 amide bonds. The number of aryl methyl sites for hydroxylation is 1. The SMILES string of the molecule is COC(=O)C(c1ccc(Cl)cc1)N1CCN(C(=O)Cc2c(C)nn(-c3ccc(F)cc3)c2C)CC1. The lowest BCUT2D eigenvalue weighted by Crippen LogP contribution is -2.51.